The highest BCUT2D eigenvalue weighted by molar-refractivity contribution is 6.32. The predicted molar refractivity (Wildman–Crippen MR) is 72.3 cm³/mol. The van der Waals surface area contributed by atoms with Gasteiger partial charge in [-0.15, -0.1) is 0 Å². The molecule has 0 bridgehead atoms. The first-order valence-electron chi connectivity index (χ1n) is 5.88. The van der Waals surface area contributed by atoms with Crippen LogP contribution in [0.3, 0.4) is 0 Å². The maximum atomic E-state index is 11.6. The van der Waals surface area contributed by atoms with Crippen LogP contribution in [0.15, 0.2) is 12.1 Å². The second-order valence-electron chi connectivity index (χ2n) is 4.18. The lowest BCUT2D eigenvalue weighted by Gasteiger charge is -2.41. The molecule has 0 aliphatic carbocycles. The molecule has 1 aliphatic heterocycles. The average Bonchev–Trinajstić information content (AvgIpc) is 2.38. The van der Waals surface area contributed by atoms with E-state index >= 15 is 0 Å². The Bertz CT molecular complexity index is 492. The van der Waals surface area contributed by atoms with Gasteiger partial charge in [0.15, 0.2) is 0 Å². The Labute approximate surface area is 117 Å². The Morgan fingerprint density at radius 1 is 1.26 bits per heavy atom. The van der Waals surface area contributed by atoms with E-state index in [0.29, 0.717) is 16.5 Å². The molecule has 6 heteroatoms. The minimum Gasteiger partial charge on any atom is -0.495 e. The zero-order chi connectivity index (χ0) is 14.0. The van der Waals surface area contributed by atoms with Crippen LogP contribution in [0.25, 0.3) is 0 Å². The number of anilines is 1. The maximum Gasteiger partial charge on any atom is 0.328 e. The van der Waals surface area contributed by atoms with E-state index in [4.69, 9.17) is 25.8 Å². The first-order valence-corrected chi connectivity index (χ1v) is 6.26. The molecule has 1 heterocycles. The standard InChI is InChI=1S/C13H16ClNO4/c1-17-11-7-10(12(18-2)6-8(11)14)15-5-4-9(15)13(16)19-3/h6-7,9H,4-5H2,1-3H3. The fourth-order valence-electron chi connectivity index (χ4n) is 2.13. The molecule has 0 amide bonds. The molecule has 0 N–H and O–H groups in total. The number of nitrogens with zero attached hydrogens (tertiary/aromatic N) is 1. The highest BCUT2D eigenvalue weighted by atomic mass is 35.5. The molecule has 104 valence electrons. The number of carbonyl (C=O) groups excluding carboxylic acids is 1. The minimum atomic E-state index is -0.273. The van der Waals surface area contributed by atoms with Crippen molar-refractivity contribution in [3.8, 4) is 11.5 Å². The lowest BCUT2D eigenvalue weighted by Crippen LogP contribution is -2.53. The fraction of sp³-hybridized carbons (Fsp3) is 0.462. The Kier molecular flexibility index (Phi) is 4.04. The number of hydrogen-bond donors (Lipinski definition) is 0. The first kappa shape index (κ1) is 13.8. The Hall–Kier alpha value is -1.62. The van der Waals surface area contributed by atoms with Crippen LogP contribution in [0.1, 0.15) is 6.42 Å². The van der Waals surface area contributed by atoms with E-state index in [-0.39, 0.29) is 12.0 Å². The van der Waals surface area contributed by atoms with Crippen LogP contribution in [0.2, 0.25) is 5.02 Å². The van der Waals surface area contributed by atoms with Crippen molar-refractivity contribution in [2.24, 2.45) is 0 Å². The summed E-state index contributed by atoms with van der Waals surface area (Å²) in [5.41, 5.74) is 0.783. The van der Waals surface area contributed by atoms with Gasteiger partial charge in [-0.1, -0.05) is 11.6 Å². The van der Waals surface area contributed by atoms with Gasteiger partial charge in [0.25, 0.3) is 0 Å². The quantitative estimate of drug-likeness (QED) is 0.793. The van der Waals surface area contributed by atoms with Crippen molar-refractivity contribution < 1.29 is 19.0 Å². The van der Waals surface area contributed by atoms with E-state index in [9.17, 15) is 4.79 Å². The van der Waals surface area contributed by atoms with Crippen LogP contribution in [0.5, 0.6) is 11.5 Å². The van der Waals surface area contributed by atoms with Crippen molar-refractivity contribution in [2.45, 2.75) is 12.5 Å². The number of methoxy groups -OCH3 is 3. The van der Waals surface area contributed by atoms with Crippen molar-refractivity contribution in [2.75, 3.05) is 32.8 Å². The number of carbonyl (C=O) groups is 1. The van der Waals surface area contributed by atoms with Crippen molar-refractivity contribution in [3.63, 3.8) is 0 Å². The third kappa shape index (κ3) is 2.42. The number of benzene rings is 1. The van der Waals surface area contributed by atoms with Crippen molar-refractivity contribution in [1.82, 2.24) is 0 Å². The van der Waals surface area contributed by atoms with Crippen molar-refractivity contribution >= 4 is 23.3 Å². The fourth-order valence-corrected chi connectivity index (χ4v) is 2.36. The van der Waals surface area contributed by atoms with E-state index in [1.54, 1.807) is 26.4 Å². The van der Waals surface area contributed by atoms with Crippen LogP contribution >= 0.6 is 11.6 Å². The minimum absolute atomic E-state index is 0.248. The molecule has 0 aromatic heterocycles. The summed E-state index contributed by atoms with van der Waals surface area (Å²) in [4.78, 5) is 13.6. The molecule has 1 unspecified atom stereocenters. The molecule has 0 saturated carbocycles. The summed E-state index contributed by atoms with van der Waals surface area (Å²) in [5, 5.41) is 0.471. The molecule has 5 nitrogen and oxygen atoms in total. The highest BCUT2D eigenvalue weighted by Crippen LogP contribution is 2.41. The topological polar surface area (TPSA) is 48.0 Å². The first-order chi connectivity index (χ1) is 9.12. The SMILES string of the molecule is COC(=O)C1CCN1c1cc(OC)c(Cl)cc1OC. The van der Waals surface area contributed by atoms with Crippen molar-refractivity contribution in [3.05, 3.63) is 17.2 Å². The van der Waals surface area contributed by atoms with E-state index in [0.717, 1.165) is 18.7 Å². The van der Waals surface area contributed by atoms with Crippen LogP contribution in [-0.2, 0) is 9.53 Å². The molecule has 0 radical (unpaired) electrons. The Morgan fingerprint density at radius 3 is 2.42 bits per heavy atom. The van der Waals surface area contributed by atoms with Gasteiger partial charge in [-0.2, -0.15) is 0 Å². The smallest absolute Gasteiger partial charge is 0.328 e. The summed E-state index contributed by atoms with van der Waals surface area (Å²) in [7, 11) is 4.50. The summed E-state index contributed by atoms with van der Waals surface area (Å²) < 4.78 is 15.3. The second-order valence-corrected chi connectivity index (χ2v) is 4.59. The number of ether oxygens (including phenoxy) is 3. The van der Waals surface area contributed by atoms with E-state index < -0.39 is 0 Å². The Morgan fingerprint density at radius 2 is 1.95 bits per heavy atom. The number of hydrogen-bond acceptors (Lipinski definition) is 5. The summed E-state index contributed by atoms with van der Waals surface area (Å²) in [6, 6.07) is 3.18. The third-order valence-corrected chi connectivity index (χ3v) is 3.55. The van der Waals surface area contributed by atoms with E-state index in [2.05, 4.69) is 0 Å². The van der Waals surface area contributed by atoms with Crippen LogP contribution < -0.4 is 14.4 Å². The summed E-state index contributed by atoms with van der Waals surface area (Å²) >= 11 is 6.06. The lowest BCUT2D eigenvalue weighted by molar-refractivity contribution is -0.143. The van der Waals surface area contributed by atoms with E-state index in [1.807, 2.05) is 4.90 Å². The normalized spacial score (nSPS) is 17.7. The maximum absolute atomic E-state index is 11.6. The van der Waals surface area contributed by atoms with Gasteiger partial charge in [-0.3, -0.25) is 0 Å². The second kappa shape index (κ2) is 5.57. The van der Waals surface area contributed by atoms with Gasteiger partial charge in [-0.25, -0.2) is 4.79 Å². The number of rotatable bonds is 4. The molecule has 19 heavy (non-hydrogen) atoms. The van der Waals surface area contributed by atoms with Crippen LogP contribution in [0.4, 0.5) is 5.69 Å². The lowest BCUT2D eigenvalue weighted by atomic mass is 10.0. The predicted octanol–water partition coefficient (Wildman–Crippen LogP) is 2.11. The molecule has 1 aromatic carbocycles. The highest BCUT2D eigenvalue weighted by Gasteiger charge is 2.37. The largest absolute Gasteiger partial charge is 0.495 e. The van der Waals surface area contributed by atoms with E-state index in [1.165, 1.54) is 7.11 Å². The van der Waals surface area contributed by atoms with Gasteiger partial charge >= 0.3 is 5.97 Å². The van der Waals surface area contributed by atoms with Crippen LogP contribution in [-0.4, -0.2) is 39.9 Å². The molecule has 1 fully saturated rings. The van der Waals surface area contributed by atoms with Crippen LogP contribution in [0, 0.1) is 0 Å². The third-order valence-electron chi connectivity index (χ3n) is 3.26. The molecular formula is C13H16ClNO4. The molecule has 1 saturated heterocycles. The number of halogens is 1. The molecule has 1 aromatic rings. The van der Waals surface area contributed by atoms with Crippen molar-refractivity contribution in [1.29, 1.82) is 0 Å². The van der Waals surface area contributed by atoms with Gasteiger partial charge < -0.3 is 19.1 Å². The molecule has 1 atom stereocenters. The zero-order valence-electron chi connectivity index (χ0n) is 11.1. The number of esters is 1. The molecule has 1 aliphatic rings. The molecule has 2 rings (SSSR count). The molecular weight excluding hydrogens is 270 g/mol. The zero-order valence-corrected chi connectivity index (χ0v) is 11.9. The van der Waals surface area contributed by atoms with Gasteiger partial charge in [0.05, 0.1) is 32.0 Å². The van der Waals surface area contributed by atoms with Gasteiger partial charge in [0, 0.05) is 18.7 Å². The molecule has 0 spiro atoms. The summed E-state index contributed by atoms with van der Waals surface area (Å²) in [5.74, 6) is 0.912. The summed E-state index contributed by atoms with van der Waals surface area (Å²) in [6.07, 6.45) is 0.765. The van der Waals surface area contributed by atoms with Gasteiger partial charge in [0.1, 0.15) is 17.5 Å². The van der Waals surface area contributed by atoms with Gasteiger partial charge in [-0.05, 0) is 6.42 Å². The summed E-state index contributed by atoms with van der Waals surface area (Å²) in [6.45, 7) is 0.765. The average molecular weight is 286 g/mol. The monoisotopic (exact) mass is 285 g/mol. The van der Waals surface area contributed by atoms with Gasteiger partial charge in [0.2, 0.25) is 0 Å². The Balaban J connectivity index is 2.35.